The Morgan fingerprint density at radius 1 is 1.05 bits per heavy atom. The largest absolute Gasteiger partial charge is 0.321 e. The van der Waals surface area contributed by atoms with E-state index in [-0.39, 0.29) is 16.9 Å². The summed E-state index contributed by atoms with van der Waals surface area (Å²) in [5, 5.41) is 35.0. The van der Waals surface area contributed by atoms with Crippen molar-refractivity contribution in [2.75, 3.05) is 5.32 Å². The molecule has 4 rings (SSSR count). The van der Waals surface area contributed by atoms with Crippen LogP contribution in [0.15, 0.2) is 69.4 Å². The van der Waals surface area contributed by atoms with E-state index in [0.29, 0.717) is 30.7 Å². The van der Waals surface area contributed by atoms with Gasteiger partial charge in [-0.1, -0.05) is 23.9 Å². The molecule has 1 amide bonds. The molecule has 1 heterocycles. The summed E-state index contributed by atoms with van der Waals surface area (Å²) in [4.78, 5) is 39.1. The maximum atomic E-state index is 12.6. The number of anilines is 1. The van der Waals surface area contributed by atoms with Crippen molar-refractivity contribution in [3.8, 4) is 6.07 Å². The molecule has 0 bridgehead atoms. The number of nitrogens with one attached hydrogen (secondary N) is 1. The van der Waals surface area contributed by atoms with E-state index in [9.17, 15) is 30.3 Å². The first kappa shape index (κ1) is 25.5. The van der Waals surface area contributed by atoms with Crippen molar-refractivity contribution in [3.63, 3.8) is 0 Å². The summed E-state index contributed by atoms with van der Waals surface area (Å²) in [6.07, 6.45) is 1.29. The molecule has 3 aromatic carbocycles. The Balaban J connectivity index is 1.59. The topological polar surface area (TPSA) is 152 Å². The monoisotopic (exact) mass is 531 g/mol. The molecule has 0 aliphatic heterocycles. The molecule has 0 spiro atoms. The zero-order chi connectivity index (χ0) is 26.7. The van der Waals surface area contributed by atoms with Crippen molar-refractivity contribution < 1.29 is 14.6 Å². The quantitative estimate of drug-likeness (QED) is 0.124. The standard InChI is InChI=1S/C25H17N5O5S2/c1-14-3-5-18(9-15(14)2)27-24(31)17(13-26)10-16-4-8-22(21(11-16)30(34)35)36-25-28-20-7-6-19(29(32)33)12-23(20)37-25/h3-12H,1-2H3,(H,27,31)/b17-10+. The maximum absolute atomic E-state index is 12.6. The predicted octanol–water partition coefficient (Wildman–Crippen LogP) is 6.43. The van der Waals surface area contributed by atoms with Crippen LogP contribution < -0.4 is 5.32 Å². The Morgan fingerprint density at radius 2 is 1.84 bits per heavy atom. The third kappa shape index (κ3) is 5.80. The van der Waals surface area contributed by atoms with E-state index in [1.54, 1.807) is 18.2 Å². The molecule has 0 saturated heterocycles. The fourth-order valence-electron chi connectivity index (χ4n) is 3.33. The van der Waals surface area contributed by atoms with E-state index in [1.807, 2.05) is 26.0 Å². The van der Waals surface area contributed by atoms with Crippen molar-refractivity contribution >= 4 is 62.4 Å². The number of hydrogen-bond acceptors (Lipinski definition) is 9. The molecule has 0 aliphatic carbocycles. The zero-order valence-electron chi connectivity index (χ0n) is 19.4. The molecule has 10 nitrogen and oxygen atoms in total. The second kappa shape index (κ2) is 10.6. The van der Waals surface area contributed by atoms with Crippen LogP contribution >= 0.6 is 23.1 Å². The number of aromatic nitrogens is 1. The minimum Gasteiger partial charge on any atom is -0.321 e. The number of amides is 1. The van der Waals surface area contributed by atoms with Gasteiger partial charge < -0.3 is 5.32 Å². The summed E-state index contributed by atoms with van der Waals surface area (Å²) >= 11 is 2.24. The minimum absolute atomic E-state index is 0.0651. The van der Waals surface area contributed by atoms with Gasteiger partial charge in [-0.3, -0.25) is 25.0 Å². The highest BCUT2D eigenvalue weighted by Crippen LogP contribution is 2.40. The number of carbonyl (C=O) groups is 1. The maximum Gasteiger partial charge on any atom is 0.283 e. The molecule has 0 saturated carbocycles. The van der Waals surface area contributed by atoms with Crippen LogP contribution in [0.4, 0.5) is 17.1 Å². The van der Waals surface area contributed by atoms with Gasteiger partial charge in [0, 0.05) is 23.9 Å². The number of nitriles is 1. The van der Waals surface area contributed by atoms with Crippen LogP contribution in [0.25, 0.3) is 16.3 Å². The van der Waals surface area contributed by atoms with Gasteiger partial charge in [-0.15, -0.1) is 11.3 Å². The molecule has 1 aromatic heterocycles. The van der Waals surface area contributed by atoms with Crippen LogP contribution in [0.3, 0.4) is 0 Å². The lowest BCUT2D eigenvalue weighted by Crippen LogP contribution is -2.13. The Bertz CT molecular complexity index is 1660. The van der Waals surface area contributed by atoms with Crippen molar-refractivity contribution in [3.05, 3.63) is 97.1 Å². The predicted molar refractivity (Wildman–Crippen MR) is 142 cm³/mol. The summed E-state index contributed by atoms with van der Waals surface area (Å²) in [5.74, 6) is -0.629. The molecule has 0 fully saturated rings. The highest BCUT2D eigenvalue weighted by molar-refractivity contribution is 8.01. The molecular weight excluding hydrogens is 514 g/mol. The lowest BCUT2D eigenvalue weighted by Gasteiger charge is -2.07. The third-order valence-corrected chi connectivity index (χ3v) is 7.52. The molecule has 0 radical (unpaired) electrons. The molecule has 0 unspecified atom stereocenters. The van der Waals surface area contributed by atoms with Crippen LogP contribution in [0, 0.1) is 45.4 Å². The van der Waals surface area contributed by atoms with Crippen molar-refractivity contribution in [1.29, 1.82) is 5.26 Å². The van der Waals surface area contributed by atoms with Crippen molar-refractivity contribution in [2.24, 2.45) is 0 Å². The summed E-state index contributed by atoms with van der Waals surface area (Å²) < 4.78 is 1.07. The Labute approximate surface area is 218 Å². The molecule has 184 valence electrons. The lowest BCUT2D eigenvalue weighted by atomic mass is 10.1. The van der Waals surface area contributed by atoms with Gasteiger partial charge in [-0.25, -0.2) is 4.98 Å². The van der Waals surface area contributed by atoms with E-state index in [1.165, 1.54) is 47.7 Å². The normalized spacial score (nSPS) is 11.2. The second-order valence-corrected chi connectivity index (χ2v) is 10.2. The number of nitrogens with zero attached hydrogens (tertiary/aromatic N) is 4. The Morgan fingerprint density at radius 3 is 2.51 bits per heavy atom. The molecule has 0 aliphatic rings. The number of non-ortho nitro benzene ring substituents is 1. The third-order valence-electron chi connectivity index (χ3n) is 5.38. The second-order valence-electron chi connectivity index (χ2n) is 7.90. The highest BCUT2D eigenvalue weighted by atomic mass is 32.2. The van der Waals surface area contributed by atoms with Crippen LogP contribution in [-0.4, -0.2) is 20.7 Å². The Hall–Kier alpha value is -4.60. The number of benzene rings is 3. The fourth-order valence-corrected chi connectivity index (χ4v) is 5.47. The van der Waals surface area contributed by atoms with Crippen LogP contribution in [0.5, 0.6) is 0 Å². The number of rotatable bonds is 7. The van der Waals surface area contributed by atoms with E-state index in [4.69, 9.17) is 0 Å². The number of hydrogen-bond donors (Lipinski definition) is 1. The zero-order valence-corrected chi connectivity index (χ0v) is 21.1. The van der Waals surface area contributed by atoms with Crippen LogP contribution in [-0.2, 0) is 4.79 Å². The number of fused-ring (bicyclic) bond motifs is 1. The Kier molecular flexibility index (Phi) is 7.28. The SMILES string of the molecule is Cc1ccc(NC(=O)/C(C#N)=C/c2ccc(Sc3nc4ccc([N+](=O)[O-])cc4s3)c([N+](=O)[O-])c2)cc1C. The summed E-state index contributed by atoms with van der Waals surface area (Å²) in [5.41, 5.74) is 2.94. The van der Waals surface area contributed by atoms with Gasteiger partial charge in [-0.2, -0.15) is 5.26 Å². The first-order chi connectivity index (χ1) is 17.6. The summed E-state index contributed by atoms with van der Waals surface area (Å²) in [7, 11) is 0. The molecule has 37 heavy (non-hydrogen) atoms. The first-order valence-corrected chi connectivity index (χ1v) is 12.3. The fraction of sp³-hybridized carbons (Fsp3) is 0.0800. The van der Waals surface area contributed by atoms with Gasteiger partial charge in [0.1, 0.15) is 11.6 Å². The summed E-state index contributed by atoms with van der Waals surface area (Å²) in [6.45, 7) is 3.85. The van der Waals surface area contributed by atoms with Gasteiger partial charge in [0.2, 0.25) is 0 Å². The number of thiazole rings is 1. The molecular formula is C25H17N5O5S2. The van der Waals surface area contributed by atoms with Gasteiger partial charge >= 0.3 is 0 Å². The summed E-state index contributed by atoms with van der Waals surface area (Å²) in [6, 6.07) is 15.9. The van der Waals surface area contributed by atoms with Crippen LogP contribution in [0.2, 0.25) is 0 Å². The molecule has 1 N–H and O–H groups in total. The van der Waals surface area contributed by atoms with Crippen molar-refractivity contribution in [2.45, 2.75) is 23.1 Å². The van der Waals surface area contributed by atoms with Gasteiger partial charge in [-0.05, 0) is 60.9 Å². The number of aryl methyl sites for hydroxylation is 2. The number of nitro groups is 2. The average molecular weight is 532 g/mol. The van der Waals surface area contributed by atoms with E-state index in [2.05, 4.69) is 10.3 Å². The number of carbonyl (C=O) groups excluding carboxylic acids is 1. The van der Waals surface area contributed by atoms with Gasteiger partial charge in [0.15, 0.2) is 4.34 Å². The smallest absolute Gasteiger partial charge is 0.283 e. The number of nitro benzene ring substituents is 2. The van der Waals surface area contributed by atoms with Crippen LogP contribution in [0.1, 0.15) is 16.7 Å². The van der Waals surface area contributed by atoms with E-state index < -0.39 is 15.8 Å². The van der Waals surface area contributed by atoms with Gasteiger partial charge in [0.25, 0.3) is 17.3 Å². The molecule has 4 aromatic rings. The molecule has 12 heteroatoms. The minimum atomic E-state index is -0.629. The average Bonchev–Trinajstić information content (AvgIpc) is 3.26. The lowest BCUT2D eigenvalue weighted by molar-refractivity contribution is -0.387. The molecule has 0 atom stereocenters. The highest BCUT2D eigenvalue weighted by Gasteiger charge is 2.19. The van der Waals surface area contributed by atoms with Gasteiger partial charge in [0.05, 0.1) is 25.0 Å². The van der Waals surface area contributed by atoms with Crippen molar-refractivity contribution in [1.82, 2.24) is 4.98 Å². The van der Waals surface area contributed by atoms with E-state index in [0.717, 1.165) is 22.9 Å². The van der Waals surface area contributed by atoms with E-state index >= 15 is 0 Å². The first-order valence-electron chi connectivity index (χ1n) is 10.7.